The van der Waals surface area contributed by atoms with Crippen molar-refractivity contribution in [2.24, 2.45) is 0 Å². The molecule has 7 heteroatoms. The van der Waals surface area contributed by atoms with Crippen LogP contribution in [0.1, 0.15) is 58.9 Å². The molecule has 1 aromatic heterocycles. The van der Waals surface area contributed by atoms with Crippen LogP contribution in [-0.2, 0) is 22.5 Å². The van der Waals surface area contributed by atoms with Gasteiger partial charge >= 0.3 is 0 Å². The maximum atomic E-state index is 12.9. The Morgan fingerprint density at radius 3 is 2.65 bits per heavy atom. The first-order valence-corrected chi connectivity index (χ1v) is 12.6. The van der Waals surface area contributed by atoms with Crippen molar-refractivity contribution in [3.8, 4) is 0 Å². The number of piperazine rings is 1. The zero-order valence-electron chi connectivity index (χ0n) is 20.3. The van der Waals surface area contributed by atoms with Crippen molar-refractivity contribution in [3.05, 3.63) is 63.4 Å². The Morgan fingerprint density at radius 2 is 1.97 bits per heavy atom. The van der Waals surface area contributed by atoms with Gasteiger partial charge in [-0.2, -0.15) is 0 Å². The van der Waals surface area contributed by atoms with Crippen molar-refractivity contribution in [3.63, 3.8) is 0 Å². The summed E-state index contributed by atoms with van der Waals surface area (Å²) >= 11 is 6.47. The van der Waals surface area contributed by atoms with Gasteiger partial charge in [-0.1, -0.05) is 18.5 Å². The van der Waals surface area contributed by atoms with Crippen molar-refractivity contribution >= 4 is 23.3 Å². The van der Waals surface area contributed by atoms with Crippen LogP contribution in [0.25, 0.3) is 0 Å². The van der Waals surface area contributed by atoms with Gasteiger partial charge in [0, 0.05) is 67.7 Å². The molecule has 0 spiro atoms. The number of halogens is 1. The third kappa shape index (κ3) is 5.68. The maximum Gasteiger partial charge on any atom is 0.252 e. The number of hydrogen-bond donors (Lipinski definition) is 0. The predicted octanol–water partition coefficient (Wildman–Crippen LogP) is 4.38. The molecule has 6 nitrogen and oxygen atoms in total. The highest BCUT2D eigenvalue weighted by Gasteiger charge is 2.35. The van der Waals surface area contributed by atoms with Gasteiger partial charge in [-0.25, -0.2) is 0 Å². The van der Waals surface area contributed by atoms with Crippen molar-refractivity contribution in [2.45, 2.75) is 65.1 Å². The number of nitrogens with zero attached hydrogens (tertiary/aromatic N) is 3. The van der Waals surface area contributed by atoms with Crippen LogP contribution in [0.2, 0.25) is 5.02 Å². The summed E-state index contributed by atoms with van der Waals surface area (Å²) in [6.45, 7) is 9.89. The molecule has 2 atom stereocenters. The fourth-order valence-corrected chi connectivity index (χ4v) is 5.22. The molecule has 0 radical (unpaired) electrons. The van der Waals surface area contributed by atoms with E-state index < -0.39 is 0 Å². The van der Waals surface area contributed by atoms with Gasteiger partial charge in [0.1, 0.15) is 6.10 Å². The largest absolute Gasteiger partial charge is 0.368 e. The second-order valence-corrected chi connectivity index (χ2v) is 9.90. The summed E-state index contributed by atoms with van der Waals surface area (Å²) < 4.78 is 5.64. The van der Waals surface area contributed by atoms with Crippen LogP contribution in [0.5, 0.6) is 0 Å². The van der Waals surface area contributed by atoms with E-state index in [1.807, 2.05) is 36.1 Å². The minimum Gasteiger partial charge on any atom is -0.368 e. The highest BCUT2D eigenvalue weighted by atomic mass is 35.5. The first kappa shape index (κ1) is 24.8. The molecule has 0 unspecified atom stereocenters. The molecule has 2 fully saturated rings. The topological polar surface area (TPSA) is 62.7 Å². The molecule has 2 saturated heterocycles. The van der Waals surface area contributed by atoms with Crippen LogP contribution in [0, 0.1) is 13.8 Å². The van der Waals surface area contributed by atoms with E-state index in [9.17, 15) is 9.59 Å². The lowest BCUT2D eigenvalue weighted by molar-refractivity contribution is -0.146. The molecule has 0 bridgehead atoms. The van der Waals surface area contributed by atoms with Crippen LogP contribution in [0.4, 0.5) is 0 Å². The number of carbonyl (C=O) groups excluding carboxylic acids is 2. The first-order chi connectivity index (χ1) is 16.4. The molecule has 0 aliphatic carbocycles. The summed E-state index contributed by atoms with van der Waals surface area (Å²) in [4.78, 5) is 34.4. The Balaban J connectivity index is 1.44. The number of Topliss-reactive ketones (excluding diaryl/α,β-unsaturated/α-hetero) is 1. The quantitative estimate of drug-likeness (QED) is 0.547. The third-order valence-electron chi connectivity index (χ3n) is 7.09. The second-order valence-electron chi connectivity index (χ2n) is 9.47. The monoisotopic (exact) mass is 483 g/mol. The van der Waals surface area contributed by atoms with E-state index in [1.54, 1.807) is 6.20 Å². The Morgan fingerprint density at radius 1 is 1.18 bits per heavy atom. The summed E-state index contributed by atoms with van der Waals surface area (Å²) in [5, 5.41) is 0.643. The van der Waals surface area contributed by atoms with E-state index in [4.69, 9.17) is 16.3 Å². The van der Waals surface area contributed by atoms with Gasteiger partial charge in [0.2, 0.25) is 0 Å². The summed E-state index contributed by atoms with van der Waals surface area (Å²) in [6, 6.07) is 7.76. The molecule has 2 aliphatic heterocycles. The molecule has 4 rings (SSSR count). The number of amides is 1. The van der Waals surface area contributed by atoms with Crippen LogP contribution < -0.4 is 0 Å². The number of aryl methyl sites for hydroxylation is 1. The average molecular weight is 484 g/mol. The minimum absolute atomic E-state index is 0.0381. The predicted molar refractivity (Wildman–Crippen MR) is 133 cm³/mol. The highest BCUT2D eigenvalue weighted by Crippen LogP contribution is 2.26. The van der Waals surface area contributed by atoms with E-state index >= 15 is 0 Å². The number of rotatable bonds is 7. The van der Waals surface area contributed by atoms with E-state index in [1.165, 1.54) is 0 Å². The van der Waals surface area contributed by atoms with Gasteiger partial charge in [0.15, 0.2) is 5.78 Å². The van der Waals surface area contributed by atoms with E-state index in [-0.39, 0.29) is 23.8 Å². The number of carbonyl (C=O) groups is 2. The maximum absolute atomic E-state index is 12.9. The number of pyridine rings is 1. The van der Waals surface area contributed by atoms with Crippen molar-refractivity contribution < 1.29 is 14.3 Å². The lowest BCUT2D eigenvalue weighted by atomic mass is 9.95. The van der Waals surface area contributed by atoms with Crippen LogP contribution in [0.15, 0.2) is 30.5 Å². The molecule has 182 valence electrons. The standard InChI is InChI=1S/C27H34ClN3O3/c1-4-24-17-30(9-10-31(24)27(33)26-6-5-11-34-26)16-22-13-23(28)12-21(19(22)3)14-25(32)20-8-7-18(2)29-15-20/h7-8,12-13,15,24,26H,4-6,9-11,14,16-17H2,1-3H3/t24-,26+/m0/s1. The summed E-state index contributed by atoms with van der Waals surface area (Å²) in [5.74, 6) is 0.186. The van der Waals surface area contributed by atoms with Crippen LogP contribution in [0.3, 0.4) is 0 Å². The average Bonchev–Trinajstić information content (AvgIpc) is 3.37. The van der Waals surface area contributed by atoms with Crippen LogP contribution >= 0.6 is 11.6 Å². The van der Waals surface area contributed by atoms with Gasteiger partial charge in [0.25, 0.3) is 5.91 Å². The van der Waals surface area contributed by atoms with E-state index in [2.05, 4.69) is 23.7 Å². The van der Waals surface area contributed by atoms with Crippen molar-refractivity contribution in [1.29, 1.82) is 0 Å². The minimum atomic E-state index is -0.264. The zero-order chi connectivity index (χ0) is 24.2. The zero-order valence-corrected chi connectivity index (χ0v) is 21.1. The van der Waals surface area contributed by atoms with Crippen molar-refractivity contribution in [2.75, 3.05) is 26.2 Å². The Kier molecular flexibility index (Phi) is 8.02. The van der Waals surface area contributed by atoms with Crippen molar-refractivity contribution in [1.82, 2.24) is 14.8 Å². The summed E-state index contributed by atoms with van der Waals surface area (Å²) in [7, 11) is 0. The van der Waals surface area contributed by atoms with E-state index in [0.29, 0.717) is 30.2 Å². The number of ketones is 1. The fraction of sp³-hybridized carbons (Fsp3) is 0.519. The van der Waals surface area contributed by atoms with Gasteiger partial charge in [0.05, 0.1) is 0 Å². The van der Waals surface area contributed by atoms with Crippen LogP contribution in [-0.4, -0.2) is 64.9 Å². The lowest BCUT2D eigenvalue weighted by Crippen LogP contribution is -2.56. The van der Waals surface area contributed by atoms with E-state index in [0.717, 1.165) is 61.3 Å². The fourth-order valence-electron chi connectivity index (χ4n) is 4.95. The van der Waals surface area contributed by atoms with Gasteiger partial charge in [-0.15, -0.1) is 0 Å². The summed E-state index contributed by atoms with van der Waals surface area (Å²) in [5.41, 5.74) is 4.69. The van der Waals surface area contributed by atoms with Gasteiger partial charge in [-0.05, 0) is 74.1 Å². The first-order valence-electron chi connectivity index (χ1n) is 12.2. The van der Waals surface area contributed by atoms with Gasteiger partial charge in [-0.3, -0.25) is 19.5 Å². The molecule has 1 amide bonds. The molecular weight excluding hydrogens is 450 g/mol. The number of aromatic nitrogens is 1. The third-order valence-corrected chi connectivity index (χ3v) is 7.31. The molecular formula is C27H34ClN3O3. The number of hydrogen-bond acceptors (Lipinski definition) is 5. The normalized spacial score (nSPS) is 21.1. The smallest absolute Gasteiger partial charge is 0.252 e. The summed E-state index contributed by atoms with van der Waals surface area (Å²) in [6.07, 6.45) is 4.38. The number of ether oxygens (including phenoxy) is 1. The highest BCUT2D eigenvalue weighted by molar-refractivity contribution is 6.30. The molecule has 3 heterocycles. The molecule has 34 heavy (non-hydrogen) atoms. The number of benzene rings is 1. The van der Waals surface area contributed by atoms with Gasteiger partial charge < -0.3 is 9.64 Å². The Bertz CT molecular complexity index is 1030. The molecule has 0 N–H and O–H groups in total. The SMILES string of the molecule is CC[C@H]1CN(Cc2cc(Cl)cc(CC(=O)c3ccc(C)nc3)c2C)CCN1C(=O)[C@H]1CCCO1. The molecule has 2 aromatic rings. The molecule has 2 aliphatic rings. The second kappa shape index (κ2) is 11.0. The Labute approximate surface area is 207 Å². The Hall–Kier alpha value is -2.28. The lowest BCUT2D eigenvalue weighted by Gasteiger charge is -2.42. The molecule has 1 aromatic carbocycles. The molecule has 0 saturated carbocycles.